The van der Waals surface area contributed by atoms with Gasteiger partial charge in [-0.15, -0.1) is 0 Å². The summed E-state index contributed by atoms with van der Waals surface area (Å²) in [4.78, 5) is 0. The van der Waals surface area contributed by atoms with E-state index in [-0.39, 0.29) is 11.4 Å². The Morgan fingerprint density at radius 1 is 1.00 bits per heavy atom. The van der Waals surface area contributed by atoms with Gasteiger partial charge >= 0.3 is 0 Å². The van der Waals surface area contributed by atoms with Crippen LogP contribution in [0.25, 0.3) is 11.1 Å². The third-order valence-corrected chi connectivity index (χ3v) is 3.05. The summed E-state index contributed by atoms with van der Waals surface area (Å²) in [5, 5.41) is 3.09. The average Bonchev–Trinajstić information content (AvgIpc) is 2.44. The number of rotatable bonds is 5. The van der Waals surface area contributed by atoms with Gasteiger partial charge in [0.05, 0.1) is 0 Å². The number of hydrogen-bond acceptors (Lipinski definition) is 1. The number of halogens is 3. The summed E-state index contributed by atoms with van der Waals surface area (Å²) in [6.07, 6.45) is 0.944. The van der Waals surface area contributed by atoms with Gasteiger partial charge in [0.15, 0.2) is 11.6 Å². The lowest BCUT2D eigenvalue weighted by Gasteiger charge is -2.09. The fourth-order valence-electron chi connectivity index (χ4n) is 2.00. The van der Waals surface area contributed by atoms with Crippen molar-refractivity contribution in [3.63, 3.8) is 0 Å². The van der Waals surface area contributed by atoms with Crippen molar-refractivity contribution in [2.75, 3.05) is 6.54 Å². The van der Waals surface area contributed by atoms with Gasteiger partial charge in [0.1, 0.15) is 5.82 Å². The summed E-state index contributed by atoms with van der Waals surface area (Å²) in [7, 11) is 0. The Kier molecular flexibility index (Phi) is 4.79. The highest BCUT2D eigenvalue weighted by Gasteiger charge is 2.11. The monoisotopic (exact) mass is 279 g/mol. The Bertz CT molecular complexity index is 596. The standard InChI is InChI=1S/C16H16F3N/c1-2-8-20-10-12-9-11(6-7-14(12)17)13-4-3-5-15(18)16(13)19/h3-7,9,20H,2,8,10H2,1H3. The van der Waals surface area contributed by atoms with E-state index in [1.807, 2.05) is 6.92 Å². The van der Waals surface area contributed by atoms with Crippen LogP contribution in [0.4, 0.5) is 13.2 Å². The van der Waals surface area contributed by atoms with Crippen molar-refractivity contribution < 1.29 is 13.2 Å². The molecular weight excluding hydrogens is 263 g/mol. The van der Waals surface area contributed by atoms with Gasteiger partial charge < -0.3 is 5.32 Å². The quantitative estimate of drug-likeness (QED) is 0.806. The summed E-state index contributed by atoms with van der Waals surface area (Å²) in [5.74, 6) is -2.17. The molecule has 106 valence electrons. The molecule has 0 aromatic heterocycles. The second-order valence-electron chi connectivity index (χ2n) is 4.58. The Balaban J connectivity index is 2.33. The maximum Gasteiger partial charge on any atom is 0.166 e. The molecule has 0 fully saturated rings. The summed E-state index contributed by atoms with van der Waals surface area (Å²) in [6.45, 7) is 3.16. The molecule has 20 heavy (non-hydrogen) atoms. The fraction of sp³-hybridized carbons (Fsp3) is 0.250. The van der Waals surface area contributed by atoms with Crippen molar-refractivity contribution in [1.29, 1.82) is 0 Å². The smallest absolute Gasteiger partial charge is 0.166 e. The van der Waals surface area contributed by atoms with Gasteiger partial charge in [0.25, 0.3) is 0 Å². The van der Waals surface area contributed by atoms with Crippen LogP contribution in [-0.4, -0.2) is 6.54 Å². The molecule has 1 nitrogen and oxygen atoms in total. The second-order valence-corrected chi connectivity index (χ2v) is 4.58. The topological polar surface area (TPSA) is 12.0 Å². The van der Waals surface area contributed by atoms with Crippen molar-refractivity contribution in [3.05, 3.63) is 59.4 Å². The molecule has 2 aromatic rings. The predicted octanol–water partition coefficient (Wildman–Crippen LogP) is 4.27. The van der Waals surface area contributed by atoms with Crippen LogP contribution in [0.15, 0.2) is 36.4 Å². The first-order chi connectivity index (χ1) is 9.63. The lowest BCUT2D eigenvalue weighted by Crippen LogP contribution is -2.14. The minimum absolute atomic E-state index is 0.141. The van der Waals surface area contributed by atoms with Crippen molar-refractivity contribution in [2.24, 2.45) is 0 Å². The summed E-state index contributed by atoms with van der Waals surface area (Å²) in [5.41, 5.74) is 1.05. The Morgan fingerprint density at radius 3 is 2.55 bits per heavy atom. The van der Waals surface area contributed by atoms with E-state index >= 15 is 0 Å². The third kappa shape index (κ3) is 3.20. The second kappa shape index (κ2) is 6.57. The zero-order valence-corrected chi connectivity index (χ0v) is 11.2. The van der Waals surface area contributed by atoms with E-state index in [9.17, 15) is 13.2 Å². The SMILES string of the molecule is CCCNCc1cc(-c2cccc(F)c2F)ccc1F. The molecule has 2 rings (SSSR count). The largest absolute Gasteiger partial charge is 0.313 e. The maximum atomic E-state index is 13.7. The highest BCUT2D eigenvalue weighted by atomic mass is 19.2. The highest BCUT2D eigenvalue weighted by Crippen LogP contribution is 2.26. The van der Waals surface area contributed by atoms with E-state index in [0.717, 1.165) is 19.0 Å². The van der Waals surface area contributed by atoms with E-state index in [1.165, 1.54) is 24.3 Å². The van der Waals surface area contributed by atoms with Crippen LogP contribution in [0.1, 0.15) is 18.9 Å². The molecule has 0 aliphatic heterocycles. The first-order valence-electron chi connectivity index (χ1n) is 6.57. The van der Waals surface area contributed by atoms with Gasteiger partial charge in [0.2, 0.25) is 0 Å². The van der Waals surface area contributed by atoms with Crippen LogP contribution in [0.5, 0.6) is 0 Å². The fourth-order valence-corrected chi connectivity index (χ4v) is 2.00. The van der Waals surface area contributed by atoms with Crippen LogP contribution in [0, 0.1) is 17.5 Å². The molecule has 1 N–H and O–H groups in total. The predicted molar refractivity (Wildman–Crippen MR) is 73.7 cm³/mol. The Hall–Kier alpha value is -1.81. The zero-order valence-electron chi connectivity index (χ0n) is 11.2. The highest BCUT2D eigenvalue weighted by molar-refractivity contribution is 5.65. The zero-order chi connectivity index (χ0) is 14.5. The molecule has 0 amide bonds. The third-order valence-electron chi connectivity index (χ3n) is 3.05. The van der Waals surface area contributed by atoms with Crippen molar-refractivity contribution in [3.8, 4) is 11.1 Å². The summed E-state index contributed by atoms with van der Waals surface area (Å²) >= 11 is 0. The van der Waals surface area contributed by atoms with Gasteiger partial charge in [-0.1, -0.05) is 25.1 Å². The molecular formula is C16H16F3N. The molecule has 0 radical (unpaired) electrons. The molecule has 0 saturated heterocycles. The van der Waals surface area contributed by atoms with Crippen LogP contribution >= 0.6 is 0 Å². The van der Waals surface area contributed by atoms with E-state index in [1.54, 1.807) is 6.07 Å². The Morgan fingerprint density at radius 2 is 1.80 bits per heavy atom. The molecule has 0 bridgehead atoms. The van der Waals surface area contributed by atoms with Gasteiger partial charge in [-0.05, 0) is 36.7 Å². The molecule has 0 aliphatic carbocycles. The molecule has 0 unspecified atom stereocenters. The first kappa shape index (κ1) is 14.6. The van der Waals surface area contributed by atoms with Gasteiger partial charge in [-0.25, -0.2) is 13.2 Å². The van der Waals surface area contributed by atoms with Gasteiger partial charge in [-0.3, -0.25) is 0 Å². The van der Waals surface area contributed by atoms with E-state index in [2.05, 4.69) is 5.32 Å². The van der Waals surface area contributed by atoms with Crippen LogP contribution < -0.4 is 5.32 Å². The normalized spacial score (nSPS) is 10.8. The van der Waals surface area contributed by atoms with E-state index < -0.39 is 11.6 Å². The molecule has 0 saturated carbocycles. The molecule has 0 spiro atoms. The van der Waals surface area contributed by atoms with E-state index in [4.69, 9.17) is 0 Å². The molecule has 0 aliphatic rings. The number of nitrogens with one attached hydrogen (secondary N) is 1. The van der Waals surface area contributed by atoms with Crippen LogP contribution in [0.3, 0.4) is 0 Å². The molecule has 2 aromatic carbocycles. The minimum Gasteiger partial charge on any atom is -0.313 e. The maximum absolute atomic E-state index is 13.7. The van der Waals surface area contributed by atoms with Gasteiger partial charge in [-0.2, -0.15) is 0 Å². The molecule has 0 atom stereocenters. The first-order valence-corrected chi connectivity index (χ1v) is 6.57. The Labute approximate surface area is 116 Å². The van der Waals surface area contributed by atoms with Crippen molar-refractivity contribution >= 4 is 0 Å². The average molecular weight is 279 g/mol. The molecule has 0 heterocycles. The lowest BCUT2D eigenvalue weighted by atomic mass is 10.0. The van der Waals surface area contributed by atoms with Gasteiger partial charge in [0, 0.05) is 17.7 Å². The summed E-state index contributed by atoms with van der Waals surface area (Å²) in [6, 6.07) is 8.27. The van der Waals surface area contributed by atoms with Crippen LogP contribution in [0.2, 0.25) is 0 Å². The molecule has 4 heteroatoms. The number of benzene rings is 2. The number of hydrogen-bond donors (Lipinski definition) is 1. The van der Waals surface area contributed by atoms with Crippen molar-refractivity contribution in [2.45, 2.75) is 19.9 Å². The van der Waals surface area contributed by atoms with Crippen LogP contribution in [-0.2, 0) is 6.54 Å². The summed E-state index contributed by atoms with van der Waals surface area (Å²) < 4.78 is 40.7. The van der Waals surface area contributed by atoms with Crippen molar-refractivity contribution in [1.82, 2.24) is 5.32 Å². The van der Waals surface area contributed by atoms with E-state index in [0.29, 0.717) is 17.7 Å². The minimum atomic E-state index is -0.911. The lowest BCUT2D eigenvalue weighted by molar-refractivity contribution is 0.511.